The molecule has 108 valence electrons. The highest BCUT2D eigenvalue weighted by Gasteiger charge is 2.18. The molecule has 21 heavy (non-hydrogen) atoms. The van der Waals surface area contributed by atoms with Crippen molar-refractivity contribution in [2.24, 2.45) is 0 Å². The number of anilines is 1. The van der Waals surface area contributed by atoms with Crippen LogP contribution in [0.2, 0.25) is 5.02 Å². The molecule has 0 fully saturated rings. The molecule has 0 atom stereocenters. The van der Waals surface area contributed by atoms with E-state index in [-0.39, 0.29) is 19.1 Å². The average molecular weight is 304 g/mol. The van der Waals surface area contributed by atoms with Crippen molar-refractivity contribution in [1.82, 2.24) is 0 Å². The number of carbonyl (C=O) groups excluding carboxylic acids is 1. The molecule has 0 spiro atoms. The van der Waals surface area contributed by atoms with E-state index in [0.29, 0.717) is 17.4 Å². The topological polar surface area (TPSA) is 47.6 Å². The summed E-state index contributed by atoms with van der Waals surface area (Å²) in [6.07, 6.45) is 0.206. The minimum Gasteiger partial charge on any atom is -0.467 e. The van der Waals surface area contributed by atoms with Gasteiger partial charge < -0.3 is 14.8 Å². The molecule has 0 bridgehead atoms. The monoisotopic (exact) mass is 303 g/mol. The fourth-order valence-electron chi connectivity index (χ4n) is 2.29. The lowest BCUT2D eigenvalue weighted by molar-refractivity contribution is -0.115. The molecule has 0 saturated carbocycles. The molecule has 1 aliphatic heterocycles. The first-order chi connectivity index (χ1) is 10.2. The third kappa shape index (κ3) is 3.35. The first-order valence-electron chi connectivity index (χ1n) is 6.59. The second-order valence-corrected chi connectivity index (χ2v) is 5.19. The van der Waals surface area contributed by atoms with Crippen LogP contribution in [-0.2, 0) is 22.6 Å². The number of hydrogen-bond acceptors (Lipinski definition) is 3. The summed E-state index contributed by atoms with van der Waals surface area (Å²) in [5.41, 5.74) is 2.41. The molecule has 0 aromatic heterocycles. The zero-order chi connectivity index (χ0) is 14.7. The lowest BCUT2D eigenvalue weighted by atomic mass is 10.1. The molecule has 1 heterocycles. The van der Waals surface area contributed by atoms with E-state index in [1.807, 2.05) is 30.3 Å². The minimum absolute atomic E-state index is 0.110. The number of para-hydroxylation sites is 1. The van der Waals surface area contributed by atoms with Crippen LogP contribution in [0.5, 0.6) is 5.75 Å². The SMILES string of the molecule is O=C(Cc1cc(Cl)cc2c1OCOC2)Nc1ccccc1. The predicted molar refractivity (Wildman–Crippen MR) is 80.5 cm³/mol. The molecule has 4 nitrogen and oxygen atoms in total. The van der Waals surface area contributed by atoms with Gasteiger partial charge in [0, 0.05) is 21.8 Å². The Morgan fingerprint density at radius 2 is 2.05 bits per heavy atom. The van der Waals surface area contributed by atoms with Gasteiger partial charge in [-0.25, -0.2) is 0 Å². The number of benzene rings is 2. The Balaban J connectivity index is 1.78. The van der Waals surface area contributed by atoms with Gasteiger partial charge in [-0.05, 0) is 24.3 Å². The maximum Gasteiger partial charge on any atom is 0.228 e. The van der Waals surface area contributed by atoms with Crippen LogP contribution in [0.25, 0.3) is 0 Å². The number of fused-ring (bicyclic) bond motifs is 1. The molecular formula is C16H14ClNO3. The smallest absolute Gasteiger partial charge is 0.228 e. The van der Waals surface area contributed by atoms with E-state index < -0.39 is 0 Å². The van der Waals surface area contributed by atoms with E-state index in [9.17, 15) is 4.79 Å². The highest BCUT2D eigenvalue weighted by Crippen LogP contribution is 2.32. The maximum atomic E-state index is 12.1. The van der Waals surface area contributed by atoms with Gasteiger partial charge in [0.1, 0.15) is 5.75 Å². The van der Waals surface area contributed by atoms with Gasteiger partial charge in [-0.1, -0.05) is 29.8 Å². The van der Waals surface area contributed by atoms with Gasteiger partial charge in [-0.15, -0.1) is 0 Å². The molecule has 0 radical (unpaired) electrons. The lowest BCUT2D eigenvalue weighted by Crippen LogP contribution is -2.18. The minimum atomic E-state index is -0.110. The summed E-state index contributed by atoms with van der Waals surface area (Å²) < 4.78 is 10.7. The van der Waals surface area contributed by atoms with E-state index in [1.165, 1.54) is 0 Å². The summed E-state index contributed by atoms with van der Waals surface area (Å²) in [4.78, 5) is 12.1. The highest BCUT2D eigenvalue weighted by molar-refractivity contribution is 6.30. The first-order valence-corrected chi connectivity index (χ1v) is 6.97. The molecule has 5 heteroatoms. The van der Waals surface area contributed by atoms with Gasteiger partial charge in [-0.3, -0.25) is 4.79 Å². The third-order valence-corrected chi connectivity index (χ3v) is 3.38. The van der Waals surface area contributed by atoms with Crippen molar-refractivity contribution >= 4 is 23.2 Å². The molecule has 0 unspecified atom stereocenters. The van der Waals surface area contributed by atoms with Crippen molar-refractivity contribution in [3.8, 4) is 5.75 Å². The number of hydrogen-bond donors (Lipinski definition) is 1. The fraction of sp³-hybridized carbons (Fsp3) is 0.188. The standard InChI is InChI=1S/C16H14ClNO3/c17-13-6-11(16-12(7-13)9-20-10-21-16)8-15(19)18-14-4-2-1-3-5-14/h1-7H,8-10H2,(H,18,19). The second kappa shape index (κ2) is 6.16. The summed E-state index contributed by atoms with van der Waals surface area (Å²) in [5, 5.41) is 3.42. The molecular weight excluding hydrogens is 290 g/mol. The molecule has 1 aliphatic rings. The number of carbonyl (C=O) groups is 1. The van der Waals surface area contributed by atoms with E-state index in [2.05, 4.69) is 5.32 Å². The third-order valence-electron chi connectivity index (χ3n) is 3.16. The maximum absolute atomic E-state index is 12.1. The van der Waals surface area contributed by atoms with E-state index >= 15 is 0 Å². The Kier molecular flexibility index (Phi) is 4.08. The van der Waals surface area contributed by atoms with Gasteiger partial charge in [0.2, 0.25) is 5.91 Å². The first kappa shape index (κ1) is 13.9. The Hall–Kier alpha value is -2.04. The van der Waals surface area contributed by atoms with Crippen molar-refractivity contribution < 1.29 is 14.3 Å². The lowest BCUT2D eigenvalue weighted by Gasteiger charge is -2.21. The number of rotatable bonds is 3. The van der Waals surface area contributed by atoms with Crippen LogP contribution in [0, 0.1) is 0 Å². The van der Waals surface area contributed by atoms with Gasteiger partial charge in [-0.2, -0.15) is 0 Å². The predicted octanol–water partition coefficient (Wildman–Crippen LogP) is 3.39. The Labute approximate surface area is 127 Å². The molecule has 3 rings (SSSR count). The normalized spacial score (nSPS) is 13.2. The highest BCUT2D eigenvalue weighted by atomic mass is 35.5. The van der Waals surface area contributed by atoms with E-state index in [1.54, 1.807) is 12.1 Å². The number of halogens is 1. The molecule has 1 N–H and O–H groups in total. The summed E-state index contributed by atoms with van der Waals surface area (Å²) >= 11 is 6.08. The number of amides is 1. The van der Waals surface area contributed by atoms with Gasteiger partial charge in [0.25, 0.3) is 0 Å². The van der Waals surface area contributed by atoms with Crippen LogP contribution >= 0.6 is 11.6 Å². The largest absolute Gasteiger partial charge is 0.467 e. The molecule has 2 aromatic rings. The molecule has 1 amide bonds. The zero-order valence-electron chi connectivity index (χ0n) is 11.3. The summed E-state index contributed by atoms with van der Waals surface area (Å²) in [6, 6.07) is 12.9. The molecule has 0 saturated heterocycles. The molecule has 2 aromatic carbocycles. The van der Waals surface area contributed by atoms with E-state index in [0.717, 1.165) is 16.8 Å². The van der Waals surface area contributed by atoms with Crippen LogP contribution in [0.1, 0.15) is 11.1 Å². The van der Waals surface area contributed by atoms with Gasteiger partial charge >= 0.3 is 0 Å². The van der Waals surface area contributed by atoms with Gasteiger partial charge in [0.05, 0.1) is 13.0 Å². The Bertz CT molecular complexity index is 658. The van der Waals surface area contributed by atoms with Crippen molar-refractivity contribution in [2.45, 2.75) is 13.0 Å². The summed E-state index contributed by atoms with van der Waals surface area (Å²) in [5.74, 6) is 0.592. The van der Waals surface area contributed by atoms with Crippen LogP contribution < -0.4 is 10.1 Å². The van der Waals surface area contributed by atoms with Crippen molar-refractivity contribution in [3.05, 3.63) is 58.6 Å². The van der Waals surface area contributed by atoms with Crippen molar-refractivity contribution in [1.29, 1.82) is 0 Å². The number of ether oxygens (including phenoxy) is 2. The average Bonchev–Trinajstić information content (AvgIpc) is 2.48. The quantitative estimate of drug-likeness (QED) is 0.945. The molecule has 0 aliphatic carbocycles. The van der Waals surface area contributed by atoms with Crippen LogP contribution in [0.4, 0.5) is 5.69 Å². The summed E-state index contributed by atoms with van der Waals surface area (Å²) in [7, 11) is 0. The van der Waals surface area contributed by atoms with Crippen LogP contribution in [0.15, 0.2) is 42.5 Å². The van der Waals surface area contributed by atoms with Crippen molar-refractivity contribution in [3.63, 3.8) is 0 Å². The van der Waals surface area contributed by atoms with Crippen LogP contribution in [-0.4, -0.2) is 12.7 Å². The van der Waals surface area contributed by atoms with E-state index in [4.69, 9.17) is 21.1 Å². The van der Waals surface area contributed by atoms with Crippen molar-refractivity contribution in [2.75, 3.05) is 12.1 Å². The fourth-order valence-corrected chi connectivity index (χ4v) is 2.55. The van der Waals surface area contributed by atoms with Gasteiger partial charge in [0.15, 0.2) is 6.79 Å². The second-order valence-electron chi connectivity index (χ2n) is 4.75. The summed E-state index contributed by atoms with van der Waals surface area (Å²) in [6.45, 7) is 0.644. The Morgan fingerprint density at radius 1 is 1.24 bits per heavy atom. The Morgan fingerprint density at radius 3 is 2.86 bits per heavy atom. The van der Waals surface area contributed by atoms with Crippen LogP contribution in [0.3, 0.4) is 0 Å². The zero-order valence-corrected chi connectivity index (χ0v) is 12.0. The number of nitrogens with one attached hydrogen (secondary N) is 1.